The molecule has 0 spiro atoms. The highest BCUT2D eigenvalue weighted by atomic mass is 19.1. The lowest BCUT2D eigenvalue weighted by Crippen LogP contribution is -2.36. The van der Waals surface area contributed by atoms with Crippen LogP contribution in [0.15, 0.2) is 34.3 Å². The zero-order chi connectivity index (χ0) is 16.1. The van der Waals surface area contributed by atoms with Gasteiger partial charge < -0.3 is 14.5 Å². The Morgan fingerprint density at radius 2 is 2.32 bits per heavy atom. The summed E-state index contributed by atoms with van der Waals surface area (Å²) in [4.78, 5) is 12.0. The number of rotatable bonds is 5. The van der Waals surface area contributed by atoms with Crippen LogP contribution in [-0.2, 0) is 9.53 Å². The number of carbonyl (C=O) groups is 1. The Bertz CT molecular complexity index is 758. The Morgan fingerprint density at radius 3 is 3.00 bits per heavy atom. The SMILES string of the molecule is COCC(C)NC(=O)/C(C#N)=C\c1cc2cc(F)ccc2o1. The van der Waals surface area contributed by atoms with Crippen molar-refractivity contribution in [1.82, 2.24) is 5.32 Å². The standard InChI is InChI=1S/C16H15FN2O3/c1-10(9-21-2)19-16(20)12(8-18)7-14-6-11-5-13(17)3-4-15(11)22-14/h3-7,10H,9H2,1-2H3,(H,19,20)/b12-7-. The zero-order valence-corrected chi connectivity index (χ0v) is 12.2. The van der Waals surface area contributed by atoms with E-state index in [2.05, 4.69) is 5.32 Å². The molecule has 0 aliphatic rings. The van der Waals surface area contributed by atoms with E-state index in [9.17, 15) is 9.18 Å². The molecule has 1 aromatic carbocycles. The molecule has 114 valence electrons. The van der Waals surface area contributed by atoms with Crippen LogP contribution in [0.3, 0.4) is 0 Å². The number of hydrogen-bond acceptors (Lipinski definition) is 4. The topological polar surface area (TPSA) is 75.3 Å². The first kappa shape index (κ1) is 15.7. The van der Waals surface area contributed by atoms with E-state index in [0.29, 0.717) is 23.3 Å². The number of halogens is 1. The van der Waals surface area contributed by atoms with E-state index in [4.69, 9.17) is 14.4 Å². The monoisotopic (exact) mass is 302 g/mol. The van der Waals surface area contributed by atoms with E-state index < -0.39 is 5.91 Å². The van der Waals surface area contributed by atoms with Gasteiger partial charge in [-0.05, 0) is 31.2 Å². The largest absolute Gasteiger partial charge is 0.457 e. The lowest BCUT2D eigenvalue weighted by Gasteiger charge is -2.11. The van der Waals surface area contributed by atoms with Gasteiger partial charge in [0.1, 0.15) is 28.8 Å². The summed E-state index contributed by atoms with van der Waals surface area (Å²) < 4.78 is 23.5. The van der Waals surface area contributed by atoms with Gasteiger partial charge in [0.2, 0.25) is 0 Å². The number of nitrogens with zero attached hydrogens (tertiary/aromatic N) is 1. The van der Waals surface area contributed by atoms with Crippen LogP contribution in [0.25, 0.3) is 17.0 Å². The summed E-state index contributed by atoms with van der Waals surface area (Å²) in [7, 11) is 1.53. The molecule has 1 N–H and O–H groups in total. The number of furan rings is 1. The van der Waals surface area contributed by atoms with Crippen LogP contribution in [-0.4, -0.2) is 25.7 Å². The fourth-order valence-electron chi connectivity index (χ4n) is 1.99. The van der Waals surface area contributed by atoms with Crippen LogP contribution in [0.2, 0.25) is 0 Å². The Morgan fingerprint density at radius 1 is 1.55 bits per heavy atom. The predicted molar refractivity (Wildman–Crippen MR) is 79.2 cm³/mol. The maximum Gasteiger partial charge on any atom is 0.262 e. The molecule has 0 fully saturated rings. The van der Waals surface area contributed by atoms with E-state index in [1.54, 1.807) is 13.0 Å². The van der Waals surface area contributed by atoms with E-state index in [1.807, 2.05) is 6.07 Å². The molecule has 0 bridgehead atoms. The number of methoxy groups -OCH3 is 1. The van der Waals surface area contributed by atoms with Crippen LogP contribution in [0.4, 0.5) is 4.39 Å². The maximum atomic E-state index is 13.1. The first-order valence-corrected chi connectivity index (χ1v) is 6.64. The average molecular weight is 302 g/mol. The predicted octanol–water partition coefficient (Wildman–Crippen LogP) is 2.63. The number of carbonyl (C=O) groups excluding carboxylic acids is 1. The summed E-state index contributed by atoms with van der Waals surface area (Å²) in [6.45, 7) is 2.11. The minimum atomic E-state index is -0.515. The van der Waals surface area contributed by atoms with Gasteiger partial charge in [0.05, 0.1) is 6.61 Å². The molecule has 0 saturated heterocycles. The van der Waals surface area contributed by atoms with Crippen molar-refractivity contribution in [3.8, 4) is 6.07 Å². The van der Waals surface area contributed by atoms with E-state index >= 15 is 0 Å². The maximum absolute atomic E-state index is 13.1. The molecule has 0 aliphatic heterocycles. The lowest BCUT2D eigenvalue weighted by atomic mass is 10.2. The Labute approximate surface area is 127 Å². The van der Waals surface area contributed by atoms with Crippen molar-refractivity contribution in [2.75, 3.05) is 13.7 Å². The van der Waals surface area contributed by atoms with Gasteiger partial charge in [-0.1, -0.05) is 0 Å². The average Bonchev–Trinajstić information content (AvgIpc) is 2.86. The number of benzene rings is 1. The van der Waals surface area contributed by atoms with E-state index in [-0.39, 0.29) is 17.4 Å². The smallest absolute Gasteiger partial charge is 0.262 e. The van der Waals surface area contributed by atoms with Crippen molar-refractivity contribution in [2.24, 2.45) is 0 Å². The molecule has 1 heterocycles. The number of hydrogen-bond donors (Lipinski definition) is 1. The molecule has 5 nitrogen and oxygen atoms in total. The molecule has 0 radical (unpaired) electrons. The summed E-state index contributed by atoms with van der Waals surface area (Å²) in [5.41, 5.74) is 0.389. The molecule has 2 rings (SSSR count). The van der Waals surface area contributed by atoms with Crippen LogP contribution in [0, 0.1) is 17.1 Å². The summed E-state index contributed by atoms with van der Waals surface area (Å²) in [5.74, 6) is -0.583. The second-order valence-electron chi connectivity index (χ2n) is 4.83. The molecule has 1 aromatic heterocycles. The van der Waals surface area contributed by atoms with Crippen LogP contribution in [0.1, 0.15) is 12.7 Å². The van der Waals surface area contributed by atoms with Gasteiger partial charge in [-0.15, -0.1) is 0 Å². The third-order valence-electron chi connectivity index (χ3n) is 2.94. The molecule has 6 heteroatoms. The van der Waals surface area contributed by atoms with E-state index in [1.165, 1.54) is 31.4 Å². The lowest BCUT2D eigenvalue weighted by molar-refractivity contribution is -0.117. The Balaban J connectivity index is 2.23. The van der Waals surface area contributed by atoms with Crippen LogP contribution >= 0.6 is 0 Å². The molecular weight excluding hydrogens is 287 g/mol. The summed E-state index contributed by atoms with van der Waals surface area (Å²) in [6, 6.07) is 7.27. The summed E-state index contributed by atoms with van der Waals surface area (Å²) in [5, 5.41) is 12.3. The zero-order valence-electron chi connectivity index (χ0n) is 12.2. The van der Waals surface area contributed by atoms with Crippen molar-refractivity contribution in [1.29, 1.82) is 5.26 Å². The quantitative estimate of drug-likeness (QED) is 0.680. The van der Waals surface area contributed by atoms with Gasteiger partial charge in [-0.3, -0.25) is 4.79 Å². The fraction of sp³-hybridized carbons (Fsp3) is 0.250. The van der Waals surface area contributed by atoms with Crippen molar-refractivity contribution < 1.29 is 18.3 Å². The Hall–Kier alpha value is -2.65. The first-order chi connectivity index (χ1) is 10.5. The third kappa shape index (κ3) is 3.71. The number of nitriles is 1. The number of nitrogens with one attached hydrogen (secondary N) is 1. The Kier molecular flexibility index (Phi) is 4.92. The van der Waals surface area contributed by atoms with Gasteiger partial charge in [0.15, 0.2) is 0 Å². The summed E-state index contributed by atoms with van der Waals surface area (Å²) in [6.07, 6.45) is 1.33. The highest BCUT2D eigenvalue weighted by Gasteiger charge is 2.13. The van der Waals surface area contributed by atoms with Crippen molar-refractivity contribution in [3.63, 3.8) is 0 Å². The van der Waals surface area contributed by atoms with Crippen LogP contribution < -0.4 is 5.32 Å². The number of fused-ring (bicyclic) bond motifs is 1. The molecule has 1 unspecified atom stereocenters. The van der Waals surface area contributed by atoms with Gasteiger partial charge in [-0.25, -0.2) is 4.39 Å². The van der Waals surface area contributed by atoms with Gasteiger partial charge >= 0.3 is 0 Å². The van der Waals surface area contributed by atoms with Crippen molar-refractivity contribution in [2.45, 2.75) is 13.0 Å². The molecule has 0 aliphatic carbocycles. The second kappa shape index (κ2) is 6.87. The molecular formula is C16H15FN2O3. The van der Waals surface area contributed by atoms with Gasteiger partial charge in [0.25, 0.3) is 5.91 Å². The van der Waals surface area contributed by atoms with Crippen molar-refractivity contribution >= 4 is 23.0 Å². The molecule has 22 heavy (non-hydrogen) atoms. The van der Waals surface area contributed by atoms with E-state index in [0.717, 1.165) is 0 Å². The second-order valence-corrected chi connectivity index (χ2v) is 4.83. The van der Waals surface area contributed by atoms with Gasteiger partial charge in [-0.2, -0.15) is 5.26 Å². The summed E-state index contributed by atoms with van der Waals surface area (Å²) >= 11 is 0. The minimum absolute atomic E-state index is 0.0949. The first-order valence-electron chi connectivity index (χ1n) is 6.64. The van der Waals surface area contributed by atoms with Crippen molar-refractivity contribution in [3.05, 3.63) is 41.4 Å². The molecule has 1 amide bonds. The minimum Gasteiger partial charge on any atom is -0.457 e. The number of amides is 1. The normalized spacial score (nSPS) is 12.9. The fourth-order valence-corrected chi connectivity index (χ4v) is 1.99. The van der Waals surface area contributed by atoms with Crippen LogP contribution in [0.5, 0.6) is 0 Å². The molecule has 0 saturated carbocycles. The third-order valence-corrected chi connectivity index (χ3v) is 2.94. The molecule has 1 atom stereocenters. The molecule has 2 aromatic rings. The number of ether oxygens (including phenoxy) is 1. The van der Waals surface area contributed by atoms with Gasteiger partial charge in [0, 0.05) is 24.6 Å². The highest BCUT2D eigenvalue weighted by Crippen LogP contribution is 2.22. The highest BCUT2D eigenvalue weighted by molar-refractivity contribution is 6.01.